The van der Waals surface area contributed by atoms with Crippen molar-refractivity contribution in [1.82, 2.24) is 5.32 Å². The minimum absolute atomic E-state index is 0.302. The second-order valence-corrected chi connectivity index (χ2v) is 5.90. The highest BCUT2D eigenvalue weighted by Gasteiger charge is 2.43. The van der Waals surface area contributed by atoms with Gasteiger partial charge in [-0.25, -0.2) is 0 Å². The number of rotatable bonds is 4. The molecule has 2 atom stereocenters. The maximum atomic E-state index is 5.97. The monoisotopic (exact) mass is 229 g/mol. The molecule has 0 amide bonds. The molecule has 0 aromatic rings. The van der Waals surface area contributed by atoms with Crippen molar-refractivity contribution in [2.24, 2.45) is 5.92 Å². The molecule has 1 heterocycles. The van der Waals surface area contributed by atoms with E-state index in [1.807, 2.05) is 11.8 Å². The van der Waals surface area contributed by atoms with Gasteiger partial charge in [-0.1, -0.05) is 0 Å². The topological polar surface area (TPSA) is 21.3 Å². The number of nitrogens with one attached hydrogen (secondary N) is 1. The molecular formula is C12H23NOS. The first kappa shape index (κ1) is 11.7. The summed E-state index contributed by atoms with van der Waals surface area (Å²) in [7, 11) is 2.10. The highest BCUT2D eigenvalue weighted by molar-refractivity contribution is 7.98. The molecule has 15 heavy (non-hydrogen) atoms. The van der Waals surface area contributed by atoms with Gasteiger partial charge in [-0.15, -0.1) is 0 Å². The van der Waals surface area contributed by atoms with Crippen LogP contribution in [0.5, 0.6) is 0 Å². The summed E-state index contributed by atoms with van der Waals surface area (Å²) in [6.07, 6.45) is 8.72. The van der Waals surface area contributed by atoms with Gasteiger partial charge in [-0.05, 0) is 51.3 Å². The maximum Gasteiger partial charge on any atom is 0.0685 e. The van der Waals surface area contributed by atoms with E-state index in [0.29, 0.717) is 11.6 Å². The minimum Gasteiger partial charge on any atom is -0.375 e. The van der Waals surface area contributed by atoms with Gasteiger partial charge in [0.05, 0.1) is 5.60 Å². The highest BCUT2D eigenvalue weighted by Crippen LogP contribution is 2.45. The molecule has 2 aliphatic rings. The van der Waals surface area contributed by atoms with Crippen LogP contribution in [0, 0.1) is 5.92 Å². The van der Waals surface area contributed by atoms with E-state index in [2.05, 4.69) is 18.6 Å². The molecule has 2 nitrogen and oxygen atoms in total. The quantitative estimate of drug-likeness (QED) is 0.799. The lowest BCUT2D eigenvalue weighted by Crippen LogP contribution is -2.50. The third kappa shape index (κ3) is 2.51. The standard InChI is InChI=1S/C12H23NOS/c1-13-11(9-15-2)10-4-7-14-12(8-10)5-3-6-12/h10-11,13H,3-9H2,1-2H3. The Labute approximate surface area is 97.5 Å². The molecule has 1 spiro atoms. The summed E-state index contributed by atoms with van der Waals surface area (Å²) in [5.74, 6) is 2.06. The Kier molecular flexibility index (Phi) is 3.97. The van der Waals surface area contributed by atoms with E-state index in [-0.39, 0.29) is 0 Å². The van der Waals surface area contributed by atoms with Crippen LogP contribution in [0.15, 0.2) is 0 Å². The third-order valence-corrected chi connectivity index (χ3v) is 4.77. The van der Waals surface area contributed by atoms with Gasteiger partial charge in [-0.3, -0.25) is 0 Å². The van der Waals surface area contributed by atoms with E-state index in [1.54, 1.807) is 0 Å². The zero-order chi connectivity index (χ0) is 10.7. The molecule has 88 valence electrons. The molecule has 0 aromatic heterocycles. The number of thioether (sulfide) groups is 1. The Bertz CT molecular complexity index is 206. The summed E-state index contributed by atoms with van der Waals surface area (Å²) in [6, 6.07) is 0.682. The van der Waals surface area contributed by atoms with E-state index in [0.717, 1.165) is 12.5 Å². The number of ether oxygens (including phenoxy) is 1. The molecule has 0 bridgehead atoms. The van der Waals surface area contributed by atoms with Crippen LogP contribution < -0.4 is 5.32 Å². The van der Waals surface area contributed by atoms with Crippen molar-refractivity contribution in [3.8, 4) is 0 Å². The van der Waals surface area contributed by atoms with Crippen LogP contribution in [0.25, 0.3) is 0 Å². The van der Waals surface area contributed by atoms with Crippen LogP contribution in [-0.2, 0) is 4.74 Å². The molecule has 0 radical (unpaired) electrons. The zero-order valence-corrected chi connectivity index (χ0v) is 10.7. The summed E-state index contributed by atoms with van der Waals surface area (Å²) < 4.78 is 5.97. The van der Waals surface area contributed by atoms with Crippen molar-refractivity contribution in [2.45, 2.75) is 43.7 Å². The van der Waals surface area contributed by atoms with Crippen molar-refractivity contribution < 1.29 is 4.74 Å². The Balaban J connectivity index is 1.90. The predicted octanol–water partition coefficient (Wildman–Crippen LogP) is 2.29. The van der Waals surface area contributed by atoms with Gasteiger partial charge in [0, 0.05) is 18.4 Å². The Morgan fingerprint density at radius 2 is 2.33 bits per heavy atom. The molecule has 0 aromatic carbocycles. The first-order chi connectivity index (χ1) is 7.29. The fraction of sp³-hybridized carbons (Fsp3) is 1.00. The second kappa shape index (κ2) is 5.07. The van der Waals surface area contributed by atoms with E-state index < -0.39 is 0 Å². The van der Waals surface area contributed by atoms with Gasteiger partial charge in [0.1, 0.15) is 0 Å². The predicted molar refractivity (Wildman–Crippen MR) is 66.5 cm³/mol. The molecule has 2 rings (SSSR count). The van der Waals surface area contributed by atoms with Crippen molar-refractivity contribution in [3.63, 3.8) is 0 Å². The third-order valence-electron chi connectivity index (χ3n) is 4.08. The highest BCUT2D eigenvalue weighted by atomic mass is 32.2. The van der Waals surface area contributed by atoms with Gasteiger partial charge in [0.2, 0.25) is 0 Å². The number of hydrogen-bond donors (Lipinski definition) is 1. The number of hydrogen-bond acceptors (Lipinski definition) is 3. The fourth-order valence-corrected chi connectivity index (χ4v) is 3.76. The average Bonchev–Trinajstić information content (AvgIpc) is 2.24. The summed E-state index contributed by atoms with van der Waals surface area (Å²) in [6.45, 7) is 0.983. The minimum atomic E-state index is 0.302. The van der Waals surface area contributed by atoms with Crippen molar-refractivity contribution in [1.29, 1.82) is 0 Å². The van der Waals surface area contributed by atoms with Crippen molar-refractivity contribution >= 4 is 11.8 Å². The first-order valence-electron chi connectivity index (χ1n) is 6.10. The van der Waals surface area contributed by atoms with Gasteiger partial charge in [0.25, 0.3) is 0 Å². The van der Waals surface area contributed by atoms with Crippen LogP contribution in [0.4, 0.5) is 0 Å². The smallest absolute Gasteiger partial charge is 0.0685 e. The molecular weight excluding hydrogens is 206 g/mol. The zero-order valence-electron chi connectivity index (χ0n) is 9.92. The van der Waals surface area contributed by atoms with Crippen LogP contribution in [0.2, 0.25) is 0 Å². The maximum absolute atomic E-state index is 5.97. The molecule has 1 aliphatic carbocycles. The van der Waals surface area contributed by atoms with Gasteiger partial charge in [-0.2, -0.15) is 11.8 Å². The summed E-state index contributed by atoms with van der Waals surface area (Å²) in [4.78, 5) is 0. The SMILES string of the molecule is CNC(CSC)C1CCOC2(CCC2)C1. The normalized spacial score (nSPS) is 31.2. The average molecular weight is 229 g/mol. The van der Waals surface area contributed by atoms with Gasteiger partial charge in [0.15, 0.2) is 0 Å². The molecule has 3 heteroatoms. The van der Waals surface area contributed by atoms with E-state index >= 15 is 0 Å². The Morgan fingerprint density at radius 3 is 2.87 bits per heavy atom. The van der Waals surface area contributed by atoms with Crippen LogP contribution in [0.1, 0.15) is 32.1 Å². The summed E-state index contributed by atoms with van der Waals surface area (Å²) in [5, 5.41) is 3.48. The largest absolute Gasteiger partial charge is 0.375 e. The van der Waals surface area contributed by atoms with E-state index in [9.17, 15) is 0 Å². The Hall–Kier alpha value is 0.270. The van der Waals surface area contributed by atoms with Crippen molar-refractivity contribution in [2.75, 3.05) is 25.7 Å². The van der Waals surface area contributed by atoms with E-state index in [1.165, 1.54) is 37.9 Å². The molecule has 1 N–H and O–H groups in total. The first-order valence-corrected chi connectivity index (χ1v) is 7.49. The van der Waals surface area contributed by atoms with Gasteiger partial charge < -0.3 is 10.1 Å². The van der Waals surface area contributed by atoms with Crippen LogP contribution in [-0.4, -0.2) is 37.3 Å². The lowest BCUT2D eigenvalue weighted by Gasteiger charge is -2.48. The molecule has 1 aliphatic heterocycles. The fourth-order valence-electron chi connectivity index (χ4n) is 2.96. The molecule has 1 saturated carbocycles. The lowest BCUT2D eigenvalue weighted by molar-refractivity contribution is -0.146. The Morgan fingerprint density at radius 1 is 1.53 bits per heavy atom. The summed E-state index contributed by atoms with van der Waals surface area (Å²) >= 11 is 1.95. The second-order valence-electron chi connectivity index (χ2n) is 4.99. The van der Waals surface area contributed by atoms with Crippen LogP contribution in [0.3, 0.4) is 0 Å². The molecule has 1 saturated heterocycles. The van der Waals surface area contributed by atoms with Crippen LogP contribution >= 0.6 is 11.8 Å². The van der Waals surface area contributed by atoms with Crippen molar-refractivity contribution in [3.05, 3.63) is 0 Å². The van der Waals surface area contributed by atoms with E-state index in [4.69, 9.17) is 4.74 Å². The molecule has 2 fully saturated rings. The summed E-state index contributed by atoms with van der Waals surface area (Å²) in [5.41, 5.74) is 0.302. The lowest BCUT2D eigenvalue weighted by atomic mass is 9.70. The molecule has 2 unspecified atom stereocenters. The van der Waals surface area contributed by atoms with Gasteiger partial charge >= 0.3 is 0 Å².